The van der Waals surface area contributed by atoms with Gasteiger partial charge in [0.15, 0.2) is 0 Å². The van der Waals surface area contributed by atoms with Gasteiger partial charge in [-0.1, -0.05) is 12.2 Å². The molecule has 0 radical (unpaired) electrons. The molecule has 2 rings (SSSR count). The molecule has 0 saturated heterocycles. The maximum atomic E-state index is 12.0. The molecule has 0 aromatic carbocycles. The van der Waals surface area contributed by atoms with Gasteiger partial charge in [-0.15, -0.1) is 11.3 Å². The Bertz CT molecular complexity index is 595. The highest BCUT2D eigenvalue weighted by Crippen LogP contribution is 2.22. The normalized spacial score (nSPS) is 10.3. The van der Waals surface area contributed by atoms with Gasteiger partial charge in [0.05, 0.1) is 16.6 Å². The number of thiophene rings is 1. The molecule has 0 aliphatic heterocycles. The lowest BCUT2D eigenvalue weighted by atomic mass is 10.3. The minimum absolute atomic E-state index is 0.192. The van der Waals surface area contributed by atoms with Crippen molar-refractivity contribution in [3.05, 3.63) is 33.1 Å². The van der Waals surface area contributed by atoms with Crippen LogP contribution in [0.4, 0.5) is 5.82 Å². The predicted molar refractivity (Wildman–Crippen MR) is 76.2 cm³/mol. The largest absolute Gasteiger partial charge is 0.389 e. The number of nitrogens with two attached hydrogens (primary N) is 1. The number of aromatic amines is 1. The second-order valence-corrected chi connectivity index (χ2v) is 5.52. The molecule has 2 heterocycles. The molecule has 5 nitrogen and oxygen atoms in total. The smallest absolute Gasteiger partial charge is 0.266 e. The lowest BCUT2D eigenvalue weighted by Crippen LogP contribution is -2.16. The lowest BCUT2D eigenvalue weighted by Gasteiger charge is -2.02. The van der Waals surface area contributed by atoms with Crippen molar-refractivity contribution in [3.8, 4) is 0 Å². The summed E-state index contributed by atoms with van der Waals surface area (Å²) in [6.45, 7) is 3.95. The van der Waals surface area contributed by atoms with Crippen molar-refractivity contribution in [3.63, 3.8) is 0 Å². The Morgan fingerprint density at radius 3 is 2.83 bits per heavy atom. The number of aromatic nitrogens is 2. The molecule has 0 spiro atoms. The van der Waals surface area contributed by atoms with E-state index in [0.29, 0.717) is 16.3 Å². The van der Waals surface area contributed by atoms with Crippen LogP contribution in [0.3, 0.4) is 0 Å². The van der Waals surface area contributed by atoms with Gasteiger partial charge in [-0.05, 0) is 25.5 Å². The molecule has 0 fully saturated rings. The van der Waals surface area contributed by atoms with Gasteiger partial charge < -0.3 is 11.1 Å². The monoisotopic (exact) mass is 280 g/mol. The average molecular weight is 280 g/mol. The molecule has 2 aromatic rings. The molecule has 7 heteroatoms. The van der Waals surface area contributed by atoms with Crippen molar-refractivity contribution in [1.82, 2.24) is 10.2 Å². The van der Waals surface area contributed by atoms with E-state index in [4.69, 9.17) is 18.0 Å². The molecule has 1 amide bonds. The zero-order valence-electron chi connectivity index (χ0n) is 9.90. The third kappa shape index (κ3) is 2.41. The summed E-state index contributed by atoms with van der Waals surface area (Å²) in [5, 5.41) is 9.19. The maximum absolute atomic E-state index is 12.0. The SMILES string of the molecule is Cc1cc(C(=O)Nc2[nH]ncc2C(N)=S)sc1C. The van der Waals surface area contributed by atoms with Crippen molar-refractivity contribution in [2.75, 3.05) is 5.32 Å². The first-order valence-corrected chi connectivity index (χ1v) is 6.43. The van der Waals surface area contributed by atoms with Gasteiger partial charge in [-0.2, -0.15) is 5.10 Å². The van der Waals surface area contributed by atoms with Crippen LogP contribution in [0, 0.1) is 13.8 Å². The first kappa shape index (κ1) is 12.7. The first-order valence-electron chi connectivity index (χ1n) is 5.20. The molecule has 4 N–H and O–H groups in total. The van der Waals surface area contributed by atoms with E-state index < -0.39 is 0 Å². The molecule has 0 bridgehead atoms. The molecule has 0 aliphatic rings. The van der Waals surface area contributed by atoms with Crippen LogP contribution in [0.5, 0.6) is 0 Å². The second-order valence-electron chi connectivity index (χ2n) is 3.83. The molecule has 2 aromatic heterocycles. The van der Waals surface area contributed by atoms with Gasteiger partial charge in [0, 0.05) is 4.88 Å². The van der Waals surface area contributed by atoms with Crippen LogP contribution >= 0.6 is 23.6 Å². The molecular formula is C11H12N4OS2. The average Bonchev–Trinajstić information content (AvgIpc) is 2.87. The van der Waals surface area contributed by atoms with E-state index in [9.17, 15) is 4.79 Å². The Morgan fingerprint density at radius 1 is 1.56 bits per heavy atom. The van der Waals surface area contributed by atoms with E-state index in [2.05, 4.69) is 15.5 Å². The van der Waals surface area contributed by atoms with Crippen LogP contribution in [0.2, 0.25) is 0 Å². The van der Waals surface area contributed by atoms with Crippen molar-refractivity contribution in [2.45, 2.75) is 13.8 Å². The standard InChI is InChI=1S/C11H12N4OS2/c1-5-3-8(18-6(5)2)11(16)14-10-7(9(12)17)4-13-15-10/h3-4H,1-2H3,(H2,12,17)(H2,13,14,15,16). The summed E-state index contributed by atoms with van der Waals surface area (Å²) >= 11 is 6.31. The number of hydrogen-bond acceptors (Lipinski definition) is 4. The van der Waals surface area contributed by atoms with Crippen LogP contribution in [-0.4, -0.2) is 21.1 Å². The van der Waals surface area contributed by atoms with Crippen molar-refractivity contribution in [2.24, 2.45) is 5.73 Å². The highest BCUT2D eigenvalue weighted by Gasteiger charge is 2.14. The molecule has 0 saturated carbocycles. The summed E-state index contributed by atoms with van der Waals surface area (Å²) in [6, 6.07) is 1.85. The molecule has 18 heavy (non-hydrogen) atoms. The highest BCUT2D eigenvalue weighted by molar-refractivity contribution is 7.80. The molecule has 0 unspecified atom stereocenters. The van der Waals surface area contributed by atoms with Crippen molar-refractivity contribution >= 4 is 40.3 Å². The third-order valence-corrected chi connectivity index (χ3v) is 3.90. The summed E-state index contributed by atoms with van der Waals surface area (Å²) < 4.78 is 0. The number of thiocarbonyl (C=S) groups is 1. The van der Waals surface area contributed by atoms with E-state index in [1.165, 1.54) is 17.5 Å². The zero-order chi connectivity index (χ0) is 13.3. The number of anilines is 1. The number of aryl methyl sites for hydroxylation is 2. The van der Waals surface area contributed by atoms with E-state index in [0.717, 1.165) is 10.4 Å². The van der Waals surface area contributed by atoms with E-state index in [1.54, 1.807) is 0 Å². The fourth-order valence-corrected chi connectivity index (χ4v) is 2.51. The van der Waals surface area contributed by atoms with E-state index in [-0.39, 0.29) is 10.9 Å². The Morgan fingerprint density at radius 2 is 2.28 bits per heavy atom. The fraction of sp³-hybridized carbons (Fsp3) is 0.182. The Kier molecular flexibility index (Phi) is 3.44. The van der Waals surface area contributed by atoms with Crippen LogP contribution in [0.25, 0.3) is 0 Å². The lowest BCUT2D eigenvalue weighted by molar-refractivity contribution is 0.103. The van der Waals surface area contributed by atoms with Gasteiger partial charge in [0.25, 0.3) is 5.91 Å². The number of hydrogen-bond donors (Lipinski definition) is 3. The molecular weight excluding hydrogens is 268 g/mol. The van der Waals surface area contributed by atoms with Crippen LogP contribution in [-0.2, 0) is 0 Å². The van der Waals surface area contributed by atoms with Gasteiger partial charge >= 0.3 is 0 Å². The summed E-state index contributed by atoms with van der Waals surface area (Å²) in [6.07, 6.45) is 1.49. The zero-order valence-corrected chi connectivity index (χ0v) is 11.5. The van der Waals surface area contributed by atoms with E-state index in [1.807, 2.05) is 19.9 Å². The number of carbonyl (C=O) groups is 1. The van der Waals surface area contributed by atoms with Gasteiger partial charge in [-0.25, -0.2) is 0 Å². The minimum Gasteiger partial charge on any atom is -0.389 e. The summed E-state index contributed by atoms with van der Waals surface area (Å²) in [5.74, 6) is 0.231. The van der Waals surface area contributed by atoms with Gasteiger partial charge in [0.2, 0.25) is 0 Å². The predicted octanol–water partition coefficient (Wildman–Crippen LogP) is 1.97. The number of amides is 1. The summed E-state index contributed by atoms with van der Waals surface area (Å²) in [7, 11) is 0. The van der Waals surface area contributed by atoms with Crippen molar-refractivity contribution in [1.29, 1.82) is 0 Å². The number of carbonyl (C=O) groups excluding carboxylic acids is 1. The van der Waals surface area contributed by atoms with Crippen LogP contribution < -0.4 is 11.1 Å². The van der Waals surface area contributed by atoms with Crippen LogP contribution in [0.1, 0.15) is 25.7 Å². The molecule has 0 atom stereocenters. The maximum Gasteiger partial charge on any atom is 0.266 e. The Balaban J connectivity index is 2.21. The first-order chi connectivity index (χ1) is 8.49. The number of nitrogens with one attached hydrogen (secondary N) is 2. The van der Waals surface area contributed by atoms with Crippen LogP contribution in [0.15, 0.2) is 12.3 Å². The Labute approximate surface area is 113 Å². The highest BCUT2D eigenvalue weighted by atomic mass is 32.1. The summed E-state index contributed by atoms with van der Waals surface area (Å²) in [5.41, 5.74) is 7.16. The number of H-pyrrole nitrogens is 1. The molecule has 0 aliphatic carbocycles. The minimum atomic E-state index is -0.196. The number of rotatable bonds is 3. The van der Waals surface area contributed by atoms with Gasteiger partial charge in [-0.3, -0.25) is 9.89 Å². The van der Waals surface area contributed by atoms with Crippen molar-refractivity contribution < 1.29 is 4.79 Å². The second kappa shape index (κ2) is 4.87. The number of nitrogens with zero attached hydrogens (tertiary/aromatic N) is 1. The molecule has 94 valence electrons. The van der Waals surface area contributed by atoms with E-state index >= 15 is 0 Å². The fourth-order valence-electron chi connectivity index (χ4n) is 1.43. The summed E-state index contributed by atoms with van der Waals surface area (Å²) in [4.78, 5) is 14.0. The Hall–Kier alpha value is -1.73. The quantitative estimate of drug-likeness (QED) is 0.751. The third-order valence-electron chi connectivity index (χ3n) is 2.53. The topological polar surface area (TPSA) is 83.8 Å². The van der Waals surface area contributed by atoms with Gasteiger partial charge in [0.1, 0.15) is 10.8 Å².